The molecule has 1 aromatic carbocycles. The van der Waals surface area contributed by atoms with Crippen LogP contribution in [0.3, 0.4) is 0 Å². The van der Waals surface area contributed by atoms with Gasteiger partial charge >= 0.3 is 163 Å². The van der Waals surface area contributed by atoms with E-state index in [4.69, 9.17) is 0 Å². The zero-order chi connectivity index (χ0) is 18.9. The van der Waals surface area contributed by atoms with Crippen molar-refractivity contribution in [1.82, 2.24) is 0 Å². The van der Waals surface area contributed by atoms with Crippen molar-refractivity contribution in [3.63, 3.8) is 0 Å². The molecule has 0 spiro atoms. The molecule has 0 radical (unpaired) electrons. The average molecular weight is 413 g/mol. The van der Waals surface area contributed by atoms with Crippen molar-refractivity contribution >= 4 is 25.4 Å². The summed E-state index contributed by atoms with van der Waals surface area (Å²) in [7, 11) is 0. The molecule has 0 unspecified atom stereocenters. The molecule has 0 amide bonds. The van der Waals surface area contributed by atoms with E-state index < -0.39 is 5.97 Å². The van der Waals surface area contributed by atoms with Gasteiger partial charge in [-0.2, -0.15) is 0 Å². The predicted molar refractivity (Wildman–Crippen MR) is 108 cm³/mol. The first-order valence-electron chi connectivity index (χ1n) is 9.16. The first kappa shape index (κ1) is 19.0. The van der Waals surface area contributed by atoms with Gasteiger partial charge < -0.3 is 0 Å². The molecule has 0 saturated heterocycles. The molecule has 136 valence electrons. The Labute approximate surface area is 162 Å². The Balaban J connectivity index is 1.80. The van der Waals surface area contributed by atoms with Gasteiger partial charge in [-0.1, -0.05) is 0 Å². The molecule has 0 fully saturated rings. The number of hydrogen-bond acceptors (Lipinski definition) is 1. The number of allylic oxidation sites excluding steroid dienone is 2. The number of fused-ring (bicyclic) bond motifs is 1. The van der Waals surface area contributed by atoms with Gasteiger partial charge in [0.25, 0.3) is 0 Å². The second-order valence-electron chi connectivity index (χ2n) is 8.56. The van der Waals surface area contributed by atoms with E-state index >= 15 is 0 Å². The van der Waals surface area contributed by atoms with Gasteiger partial charge in [-0.25, -0.2) is 0 Å². The van der Waals surface area contributed by atoms with E-state index in [0.29, 0.717) is 11.1 Å². The summed E-state index contributed by atoms with van der Waals surface area (Å²) in [5.74, 6) is 2.24. The third kappa shape index (κ3) is 4.14. The second-order valence-corrected chi connectivity index (χ2v) is 10.4. The summed E-state index contributed by atoms with van der Waals surface area (Å²) in [4.78, 5) is 14.8. The summed E-state index contributed by atoms with van der Waals surface area (Å²) in [5, 5.41) is 9.48. The number of carboxylic acid groups (broad SMARTS) is 1. The SMILES string of the molecule is CC1(C)C=C(C(=O)O)C(C#C[Se]c2ccc3c(c2)C(C)(C)CCC3)=CC1. The zero-order valence-corrected chi connectivity index (χ0v) is 17.7. The maximum absolute atomic E-state index is 11.5. The Morgan fingerprint density at radius 3 is 2.73 bits per heavy atom. The predicted octanol–water partition coefficient (Wildman–Crippen LogP) is 3.96. The van der Waals surface area contributed by atoms with Crippen LogP contribution in [0.15, 0.2) is 41.5 Å². The summed E-state index contributed by atoms with van der Waals surface area (Å²) in [5.41, 5.74) is 4.07. The van der Waals surface area contributed by atoms with Crippen molar-refractivity contribution in [1.29, 1.82) is 0 Å². The molecule has 2 nitrogen and oxygen atoms in total. The Hall–Kier alpha value is -1.75. The first-order chi connectivity index (χ1) is 12.2. The van der Waals surface area contributed by atoms with Gasteiger partial charge in [0, 0.05) is 0 Å². The number of carboxylic acids is 1. The Morgan fingerprint density at radius 1 is 1.23 bits per heavy atom. The van der Waals surface area contributed by atoms with E-state index in [1.54, 1.807) is 0 Å². The topological polar surface area (TPSA) is 37.3 Å². The van der Waals surface area contributed by atoms with Crippen LogP contribution in [-0.2, 0) is 16.6 Å². The number of rotatable bonds is 2. The molecule has 0 bridgehead atoms. The van der Waals surface area contributed by atoms with Crippen LogP contribution in [0.25, 0.3) is 0 Å². The molecule has 0 saturated carbocycles. The van der Waals surface area contributed by atoms with E-state index in [-0.39, 0.29) is 25.8 Å². The van der Waals surface area contributed by atoms with Crippen LogP contribution in [0.2, 0.25) is 0 Å². The van der Waals surface area contributed by atoms with Crippen molar-refractivity contribution in [2.24, 2.45) is 5.41 Å². The van der Waals surface area contributed by atoms with Gasteiger partial charge in [0.15, 0.2) is 0 Å². The van der Waals surface area contributed by atoms with E-state index in [9.17, 15) is 9.90 Å². The summed E-state index contributed by atoms with van der Waals surface area (Å²) in [6.07, 6.45) is 8.31. The van der Waals surface area contributed by atoms with Crippen molar-refractivity contribution in [2.45, 2.75) is 58.8 Å². The Morgan fingerprint density at radius 2 is 2.00 bits per heavy atom. The molecule has 0 aliphatic heterocycles. The van der Waals surface area contributed by atoms with E-state index in [1.165, 1.54) is 34.9 Å². The minimum absolute atomic E-state index is 0.0278. The van der Waals surface area contributed by atoms with Crippen molar-refractivity contribution < 1.29 is 9.90 Å². The average Bonchev–Trinajstić information content (AvgIpc) is 2.56. The standard InChI is InChI=1S/C23H26O2Se/c1-22(2)12-9-16(19(15-22)21(24)25)10-13-26-18-8-7-17-6-5-11-23(3,4)20(17)14-18/h7-9,14-15H,5-6,11-12H2,1-4H3,(H,24,25). The van der Waals surface area contributed by atoms with Gasteiger partial charge in [0.1, 0.15) is 0 Å². The molecule has 0 atom stereocenters. The molecule has 1 N–H and O–H groups in total. The van der Waals surface area contributed by atoms with Crippen molar-refractivity contribution in [3.8, 4) is 10.7 Å². The van der Waals surface area contributed by atoms with Crippen molar-refractivity contribution in [3.05, 3.63) is 52.6 Å². The van der Waals surface area contributed by atoms with Crippen LogP contribution in [0, 0.1) is 16.2 Å². The van der Waals surface area contributed by atoms with Gasteiger partial charge in [-0.05, 0) is 0 Å². The normalized spacial score (nSPS) is 20.2. The third-order valence-corrected chi connectivity index (χ3v) is 6.76. The van der Waals surface area contributed by atoms with Crippen LogP contribution in [0.1, 0.15) is 58.1 Å². The maximum atomic E-state index is 11.5. The van der Waals surface area contributed by atoms with Crippen molar-refractivity contribution in [2.75, 3.05) is 0 Å². The Bertz CT molecular complexity index is 860. The van der Waals surface area contributed by atoms with Gasteiger partial charge in [-0.15, -0.1) is 0 Å². The number of hydrogen-bond donors (Lipinski definition) is 1. The summed E-state index contributed by atoms with van der Waals surface area (Å²) >= 11 is 0.0278. The summed E-state index contributed by atoms with van der Waals surface area (Å²) in [6.45, 7) is 8.75. The fourth-order valence-corrected chi connectivity index (χ4v) is 5.00. The quantitative estimate of drug-likeness (QED) is 0.589. The first-order valence-corrected chi connectivity index (χ1v) is 10.9. The number of benzene rings is 1. The van der Waals surface area contributed by atoms with E-state index in [1.807, 2.05) is 12.2 Å². The molecule has 2 aliphatic carbocycles. The minimum atomic E-state index is -0.888. The van der Waals surface area contributed by atoms with Crippen LogP contribution in [0.5, 0.6) is 0 Å². The molecule has 3 rings (SSSR count). The van der Waals surface area contributed by atoms with Gasteiger partial charge in [-0.3, -0.25) is 0 Å². The number of aliphatic carboxylic acids is 1. The molecule has 2 aliphatic rings. The molecule has 26 heavy (non-hydrogen) atoms. The molecular formula is C23H26O2Se. The number of carbonyl (C=O) groups is 1. The fourth-order valence-electron chi connectivity index (χ4n) is 3.76. The molecular weight excluding hydrogens is 387 g/mol. The zero-order valence-electron chi connectivity index (χ0n) is 16.0. The molecule has 0 heterocycles. The van der Waals surface area contributed by atoms with Gasteiger partial charge in [0.05, 0.1) is 0 Å². The van der Waals surface area contributed by atoms with Crippen LogP contribution in [-0.4, -0.2) is 26.0 Å². The Kier molecular flexibility index (Phi) is 5.20. The molecule has 0 aromatic heterocycles. The van der Waals surface area contributed by atoms with E-state index in [0.717, 1.165) is 6.42 Å². The van der Waals surface area contributed by atoms with E-state index in [2.05, 4.69) is 56.6 Å². The third-order valence-electron chi connectivity index (χ3n) is 5.30. The van der Waals surface area contributed by atoms with Crippen LogP contribution >= 0.6 is 0 Å². The fraction of sp³-hybridized carbons (Fsp3) is 0.435. The number of aryl methyl sites for hydroxylation is 1. The summed E-state index contributed by atoms with van der Waals surface area (Å²) < 4.78 is 1.27. The molecule has 3 heteroatoms. The second kappa shape index (κ2) is 7.10. The van der Waals surface area contributed by atoms with Crippen LogP contribution in [0.4, 0.5) is 0 Å². The van der Waals surface area contributed by atoms with Crippen LogP contribution < -0.4 is 4.46 Å². The monoisotopic (exact) mass is 414 g/mol. The summed E-state index contributed by atoms with van der Waals surface area (Å²) in [6, 6.07) is 6.79. The molecule has 1 aromatic rings. The van der Waals surface area contributed by atoms with Gasteiger partial charge in [0.2, 0.25) is 0 Å².